The molecule has 31 heavy (non-hydrogen) atoms. The molecule has 1 saturated heterocycles. The topological polar surface area (TPSA) is 49.4 Å². The standard InChI is InChI=1S/C26H38N2O2S/c1-4-7-25(8-5-2)27-31(29,30)26-16-14-24(15-17-26)23-12-10-22(11-13-23)18-20-28-19-6-9-21(28)3/h10-17,21,25,27H,4-9,18-20H2,1-3H3. The Morgan fingerprint density at radius 3 is 2.06 bits per heavy atom. The van der Waals surface area contributed by atoms with Crippen LogP contribution in [-0.2, 0) is 16.4 Å². The molecule has 170 valence electrons. The lowest BCUT2D eigenvalue weighted by Gasteiger charge is -2.20. The van der Waals surface area contributed by atoms with Crippen molar-refractivity contribution in [2.45, 2.75) is 82.7 Å². The lowest BCUT2D eigenvalue weighted by molar-refractivity contribution is 0.272. The molecule has 1 aliphatic heterocycles. The quantitative estimate of drug-likeness (QED) is 0.491. The van der Waals surface area contributed by atoms with Gasteiger partial charge in [-0.1, -0.05) is 63.1 Å². The second-order valence-electron chi connectivity index (χ2n) is 8.89. The van der Waals surface area contributed by atoms with Gasteiger partial charge in [-0.2, -0.15) is 0 Å². The monoisotopic (exact) mass is 442 g/mol. The lowest BCUT2D eigenvalue weighted by Crippen LogP contribution is -2.34. The van der Waals surface area contributed by atoms with Gasteiger partial charge in [-0.05, 0) is 74.4 Å². The van der Waals surface area contributed by atoms with Gasteiger partial charge >= 0.3 is 0 Å². The summed E-state index contributed by atoms with van der Waals surface area (Å²) in [5.41, 5.74) is 3.51. The summed E-state index contributed by atoms with van der Waals surface area (Å²) < 4.78 is 28.4. The smallest absolute Gasteiger partial charge is 0.240 e. The van der Waals surface area contributed by atoms with Gasteiger partial charge in [0.05, 0.1) is 4.90 Å². The van der Waals surface area contributed by atoms with Gasteiger partial charge in [0.1, 0.15) is 0 Å². The van der Waals surface area contributed by atoms with E-state index in [-0.39, 0.29) is 6.04 Å². The van der Waals surface area contributed by atoms with Gasteiger partial charge in [0.25, 0.3) is 0 Å². The Kier molecular flexibility index (Phi) is 8.70. The fraction of sp³-hybridized carbons (Fsp3) is 0.538. The van der Waals surface area contributed by atoms with E-state index in [2.05, 4.69) is 54.7 Å². The molecule has 2 aromatic carbocycles. The Hall–Kier alpha value is -1.69. The summed E-state index contributed by atoms with van der Waals surface area (Å²) in [6.45, 7) is 8.84. The summed E-state index contributed by atoms with van der Waals surface area (Å²) in [6, 6.07) is 16.6. The summed E-state index contributed by atoms with van der Waals surface area (Å²) >= 11 is 0. The van der Waals surface area contributed by atoms with Gasteiger partial charge in [0, 0.05) is 18.6 Å². The molecule has 2 aromatic rings. The summed E-state index contributed by atoms with van der Waals surface area (Å²) in [7, 11) is -3.48. The molecule has 0 saturated carbocycles. The molecule has 1 N–H and O–H groups in total. The van der Waals surface area contributed by atoms with Crippen LogP contribution in [0.1, 0.15) is 64.9 Å². The molecular weight excluding hydrogens is 404 g/mol. The van der Waals surface area contributed by atoms with Gasteiger partial charge < -0.3 is 4.90 Å². The molecule has 0 amide bonds. The number of nitrogens with one attached hydrogen (secondary N) is 1. The number of rotatable bonds is 11. The molecule has 1 atom stereocenters. The molecule has 4 nitrogen and oxygen atoms in total. The van der Waals surface area contributed by atoms with Gasteiger partial charge in [0.2, 0.25) is 10.0 Å². The van der Waals surface area contributed by atoms with Crippen molar-refractivity contribution in [1.82, 2.24) is 9.62 Å². The maximum absolute atomic E-state index is 12.8. The lowest BCUT2D eigenvalue weighted by atomic mass is 10.0. The number of benzene rings is 2. The van der Waals surface area contributed by atoms with E-state index in [1.807, 2.05) is 12.1 Å². The summed E-state index contributed by atoms with van der Waals surface area (Å²) in [4.78, 5) is 2.91. The highest BCUT2D eigenvalue weighted by Gasteiger charge is 2.20. The van der Waals surface area contributed by atoms with E-state index in [0.717, 1.165) is 49.8 Å². The van der Waals surface area contributed by atoms with Gasteiger partial charge in [-0.3, -0.25) is 0 Å². The Bertz CT molecular complexity index is 901. The number of nitrogens with zero attached hydrogens (tertiary/aromatic N) is 1. The van der Waals surface area contributed by atoms with E-state index >= 15 is 0 Å². The van der Waals surface area contributed by atoms with Crippen LogP contribution in [0, 0.1) is 0 Å². The Morgan fingerprint density at radius 2 is 1.55 bits per heavy atom. The number of likely N-dealkylation sites (tertiary alicyclic amines) is 1. The molecule has 3 rings (SSSR count). The fourth-order valence-electron chi connectivity index (χ4n) is 4.53. The normalized spacial score (nSPS) is 17.5. The number of hydrogen-bond donors (Lipinski definition) is 1. The highest BCUT2D eigenvalue weighted by atomic mass is 32.2. The van der Waals surface area contributed by atoms with Crippen LogP contribution in [-0.4, -0.2) is 38.5 Å². The predicted molar refractivity (Wildman–Crippen MR) is 130 cm³/mol. The minimum absolute atomic E-state index is 0.00997. The molecule has 0 bridgehead atoms. The molecule has 0 aromatic heterocycles. The highest BCUT2D eigenvalue weighted by Crippen LogP contribution is 2.23. The minimum Gasteiger partial charge on any atom is -0.300 e. The molecule has 5 heteroatoms. The third kappa shape index (κ3) is 6.64. The Labute approximate surface area is 189 Å². The summed E-state index contributed by atoms with van der Waals surface area (Å²) in [5.74, 6) is 0. The van der Waals surface area contributed by atoms with Gasteiger partial charge in [0.15, 0.2) is 0 Å². The molecule has 0 aliphatic carbocycles. The largest absolute Gasteiger partial charge is 0.300 e. The van der Waals surface area contributed by atoms with Crippen molar-refractivity contribution in [2.24, 2.45) is 0 Å². The maximum atomic E-state index is 12.8. The third-order valence-electron chi connectivity index (χ3n) is 6.43. The van der Waals surface area contributed by atoms with Crippen LogP contribution in [0.2, 0.25) is 0 Å². The van der Waals surface area contributed by atoms with E-state index in [0.29, 0.717) is 10.9 Å². The Balaban J connectivity index is 1.62. The summed E-state index contributed by atoms with van der Waals surface area (Å²) in [5, 5.41) is 0. The molecule has 1 unspecified atom stereocenters. The molecule has 1 heterocycles. The first-order chi connectivity index (χ1) is 14.9. The first kappa shape index (κ1) is 24.0. The van der Waals surface area contributed by atoms with Crippen LogP contribution >= 0.6 is 0 Å². The highest BCUT2D eigenvalue weighted by molar-refractivity contribution is 7.89. The molecule has 0 radical (unpaired) electrons. The average molecular weight is 443 g/mol. The fourth-order valence-corrected chi connectivity index (χ4v) is 5.84. The average Bonchev–Trinajstić information content (AvgIpc) is 3.17. The van der Waals surface area contributed by atoms with E-state index < -0.39 is 10.0 Å². The molecule has 1 fully saturated rings. The van der Waals surface area contributed by atoms with E-state index in [4.69, 9.17) is 0 Å². The van der Waals surface area contributed by atoms with E-state index in [1.165, 1.54) is 24.9 Å². The van der Waals surface area contributed by atoms with Gasteiger partial charge in [-0.25, -0.2) is 13.1 Å². The minimum atomic E-state index is -3.48. The van der Waals surface area contributed by atoms with Crippen molar-refractivity contribution < 1.29 is 8.42 Å². The van der Waals surface area contributed by atoms with Crippen LogP contribution in [0.5, 0.6) is 0 Å². The van der Waals surface area contributed by atoms with Crippen molar-refractivity contribution in [3.63, 3.8) is 0 Å². The molecule has 1 aliphatic rings. The first-order valence-corrected chi connectivity index (χ1v) is 13.4. The second-order valence-corrected chi connectivity index (χ2v) is 10.6. The van der Waals surface area contributed by atoms with Crippen LogP contribution < -0.4 is 4.72 Å². The van der Waals surface area contributed by atoms with Crippen LogP contribution in [0.25, 0.3) is 11.1 Å². The van der Waals surface area contributed by atoms with Crippen LogP contribution in [0.4, 0.5) is 0 Å². The zero-order chi connectivity index (χ0) is 22.3. The predicted octanol–water partition coefficient (Wildman–Crippen LogP) is 5.63. The van der Waals surface area contributed by atoms with E-state index in [9.17, 15) is 8.42 Å². The SMILES string of the molecule is CCCC(CCC)NS(=O)(=O)c1ccc(-c2ccc(CCN3CCCC3C)cc2)cc1. The van der Waals surface area contributed by atoms with Crippen molar-refractivity contribution in [1.29, 1.82) is 0 Å². The molecular formula is C26H38N2O2S. The van der Waals surface area contributed by atoms with Crippen molar-refractivity contribution in [3.05, 3.63) is 54.1 Å². The molecule has 0 spiro atoms. The first-order valence-electron chi connectivity index (χ1n) is 11.9. The zero-order valence-corrected chi connectivity index (χ0v) is 20.1. The van der Waals surface area contributed by atoms with Crippen molar-refractivity contribution in [3.8, 4) is 11.1 Å². The third-order valence-corrected chi connectivity index (χ3v) is 7.96. The number of hydrogen-bond acceptors (Lipinski definition) is 3. The Morgan fingerprint density at radius 1 is 0.968 bits per heavy atom. The number of sulfonamides is 1. The maximum Gasteiger partial charge on any atom is 0.240 e. The van der Waals surface area contributed by atoms with Crippen LogP contribution in [0.3, 0.4) is 0 Å². The van der Waals surface area contributed by atoms with Gasteiger partial charge in [-0.15, -0.1) is 0 Å². The van der Waals surface area contributed by atoms with E-state index in [1.54, 1.807) is 12.1 Å². The van der Waals surface area contributed by atoms with Crippen molar-refractivity contribution in [2.75, 3.05) is 13.1 Å². The van der Waals surface area contributed by atoms with Crippen molar-refractivity contribution >= 4 is 10.0 Å². The second kappa shape index (κ2) is 11.3. The summed E-state index contributed by atoms with van der Waals surface area (Å²) in [6.07, 6.45) is 7.39. The zero-order valence-electron chi connectivity index (χ0n) is 19.3. The van der Waals surface area contributed by atoms with Crippen LogP contribution in [0.15, 0.2) is 53.4 Å².